The fourth-order valence-corrected chi connectivity index (χ4v) is 0.932. The van der Waals surface area contributed by atoms with Gasteiger partial charge < -0.3 is 9.84 Å². The lowest BCUT2D eigenvalue weighted by Crippen LogP contribution is -2.09. The molecule has 4 heteroatoms. The summed E-state index contributed by atoms with van der Waals surface area (Å²) < 4.78 is 17.4. The number of phenolic OH excluding ortho intramolecular Hbond substituents is 1. The van der Waals surface area contributed by atoms with Crippen molar-refractivity contribution in [2.45, 2.75) is 6.17 Å². The molecule has 0 aliphatic rings. The Hall–Kier alpha value is -1.58. The van der Waals surface area contributed by atoms with Crippen LogP contribution in [0.3, 0.4) is 0 Å². The number of hydrogen-bond donors (Lipinski definition) is 1. The van der Waals surface area contributed by atoms with E-state index in [1.54, 1.807) is 6.07 Å². The third kappa shape index (κ3) is 1.96. The molecule has 0 amide bonds. The number of carbonyl (C=O) groups is 1. The Morgan fingerprint density at radius 3 is 2.69 bits per heavy atom. The van der Waals surface area contributed by atoms with Gasteiger partial charge in [0.2, 0.25) is 6.17 Å². The van der Waals surface area contributed by atoms with E-state index >= 15 is 0 Å². The molecule has 0 aromatic heterocycles. The van der Waals surface area contributed by atoms with Crippen LogP contribution >= 0.6 is 0 Å². The van der Waals surface area contributed by atoms with Crippen LogP contribution in [-0.2, 0) is 9.53 Å². The summed E-state index contributed by atoms with van der Waals surface area (Å²) in [6.07, 6.45) is -1.92. The molecule has 1 aromatic carbocycles. The van der Waals surface area contributed by atoms with E-state index in [9.17, 15) is 14.3 Å². The predicted octanol–water partition coefficient (Wildman–Crippen LogP) is 1.58. The van der Waals surface area contributed by atoms with Gasteiger partial charge in [0.1, 0.15) is 5.75 Å². The van der Waals surface area contributed by atoms with E-state index in [2.05, 4.69) is 4.74 Å². The number of para-hydroxylation sites is 1. The van der Waals surface area contributed by atoms with E-state index in [0.29, 0.717) is 0 Å². The summed E-state index contributed by atoms with van der Waals surface area (Å²) in [4.78, 5) is 10.8. The van der Waals surface area contributed by atoms with Gasteiger partial charge in [-0.05, 0) is 6.07 Å². The molecule has 3 nitrogen and oxygen atoms in total. The average Bonchev–Trinajstić information content (AvgIpc) is 2.16. The Bertz CT molecular complexity index is 311. The first-order valence-corrected chi connectivity index (χ1v) is 3.66. The van der Waals surface area contributed by atoms with Gasteiger partial charge in [0.25, 0.3) is 0 Å². The van der Waals surface area contributed by atoms with Crippen LogP contribution in [0.1, 0.15) is 11.7 Å². The Labute approximate surface area is 74.8 Å². The molecular weight excluding hydrogens is 175 g/mol. The van der Waals surface area contributed by atoms with E-state index in [1.807, 2.05) is 0 Å². The van der Waals surface area contributed by atoms with Crippen molar-refractivity contribution < 1.29 is 19.0 Å². The zero-order valence-electron chi connectivity index (χ0n) is 7.03. The predicted molar refractivity (Wildman–Crippen MR) is 44.0 cm³/mol. The summed E-state index contributed by atoms with van der Waals surface area (Å²) in [5.74, 6) is -1.26. The molecule has 0 fully saturated rings. The molecule has 1 aromatic rings. The van der Waals surface area contributed by atoms with Crippen molar-refractivity contribution in [3.63, 3.8) is 0 Å². The van der Waals surface area contributed by atoms with Crippen molar-refractivity contribution in [2.24, 2.45) is 0 Å². The third-order valence-electron chi connectivity index (χ3n) is 1.62. The maximum atomic E-state index is 13.2. The standard InChI is InChI=1S/C9H9FO3/c1-13-9(12)8(10)6-4-2-3-5-7(6)11/h2-5,8,11H,1H3. The van der Waals surface area contributed by atoms with Crippen molar-refractivity contribution in [3.8, 4) is 5.75 Å². The van der Waals surface area contributed by atoms with Crippen molar-refractivity contribution in [1.29, 1.82) is 0 Å². The summed E-state index contributed by atoms with van der Waals surface area (Å²) >= 11 is 0. The molecule has 1 rings (SSSR count). The average molecular weight is 184 g/mol. The maximum Gasteiger partial charge on any atom is 0.345 e. The molecule has 0 aliphatic carbocycles. The van der Waals surface area contributed by atoms with Crippen LogP contribution in [0.4, 0.5) is 4.39 Å². The summed E-state index contributed by atoms with van der Waals surface area (Å²) in [6, 6.07) is 5.72. The fourth-order valence-electron chi connectivity index (χ4n) is 0.932. The number of hydrogen-bond acceptors (Lipinski definition) is 3. The molecule has 1 N–H and O–H groups in total. The SMILES string of the molecule is COC(=O)C(F)c1ccccc1O. The van der Waals surface area contributed by atoms with Crippen LogP contribution in [0.25, 0.3) is 0 Å². The summed E-state index contributed by atoms with van der Waals surface area (Å²) in [6.45, 7) is 0. The van der Waals surface area contributed by atoms with E-state index < -0.39 is 12.1 Å². The highest BCUT2D eigenvalue weighted by atomic mass is 19.1. The second kappa shape index (κ2) is 3.89. The van der Waals surface area contributed by atoms with E-state index in [4.69, 9.17) is 0 Å². The van der Waals surface area contributed by atoms with Crippen molar-refractivity contribution in [3.05, 3.63) is 29.8 Å². The number of halogens is 1. The number of carbonyl (C=O) groups excluding carboxylic acids is 1. The summed E-state index contributed by atoms with van der Waals surface area (Å²) in [5, 5.41) is 9.18. The number of phenols is 1. The zero-order chi connectivity index (χ0) is 9.84. The normalized spacial score (nSPS) is 12.2. The third-order valence-corrected chi connectivity index (χ3v) is 1.62. The number of rotatable bonds is 2. The second-order valence-corrected chi connectivity index (χ2v) is 2.44. The molecule has 1 atom stereocenters. The molecular formula is C9H9FO3. The Balaban J connectivity index is 2.95. The molecule has 13 heavy (non-hydrogen) atoms. The van der Waals surface area contributed by atoms with Crippen LogP contribution in [0.5, 0.6) is 5.75 Å². The monoisotopic (exact) mass is 184 g/mol. The summed E-state index contributed by atoms with van der Waals surface area (Å²) in [7, 11) is 1.09. The van der Waals surface area contributed by atoms with Crippen LogP contribution in [0, 0.1) is 0 Å². The highest BCUT2D eigenvalue weighted by Gasteiger charge is 2.22. The van der Waals surface area contributed by atoms with Gasteiger partial charge in [-0.2, -0.15) is 0 Å². The molecule has 0 heterocycles. The lowest BCUT2D eigenvalue weighted by Gasteiger charge is -2.07. The Kier molecular flexibility index (Phi) is 2.84. The van der Waals surface area contributed by atoms with Crippen LogP contribution in [0.2, 0.25) is 0 Å². The molecule has 0 saturated carbocycles. The smallest absolute Gasteiger partial charge is 0.345 e. The van der Waals surface area contributed by atoms with Crippen molar-refractivity contribution in [1.82, 2.24) is 0 Å². The Morgan fingerprint density at radius 2 is 2.15 bits per heavy atom. The molecule has 70 valence electrons. The summed E-state index contributed by atoms with van der Waals surface area (Å²) in [5.41, 5.74) is -0.0747. The number of aromatic hydroxyl groups is 1. The lowest BCUT2D eigenvalue weighted by molar-refractivity contribution is -0.146. The minimum atomic E-state index is -1.92. The van der Waals surface area contributed by atoms with Gasteiger partial charge >= 0.3 is 5.97 Å². The highest BCUT2D eigenvalue weighted by Crippen LogP contribution is 2.26. The van der Waals surface area contributed by atoms with Crippen molar-refractivity contribution in [2.75, 3.05) is 7.11 Å². The van der Waals surface area contributed by atoms with Gasteiger partial charge in [-0.25, -0.2) is 9.18 Å². The number of benzene rings is 1. The highest BCUT2D eigenvalue weighted by molar-refractivity contribution is 5.77. The quantitative estimate of drug-likeness (QED) is 0.709. The van der Waals surface area contributed by atoms with Gasteiger partial charge in [0.05, 0.1) is 7.11 Å². The molecule has 0 radical (unpaired) electrons. The number of esters is 1. The first kappa shape index (κ1) is 9.51. The van der Waals surface area contributed by atoms with Gasteiger partial charge in [0, 0.05) is 5.56 Å². The van der Waals surface area contributed by atoms with E-state index in [0.717, 1.165) is 7.11 Å². The largest absolute Gasteiger partial charge is 0.508 e. The molecule has 1 unspecified atom stereocenters. The molecule has 0 spiro atoms. The molecule has 0 bridgehead atoms. The lowest BCUT2D eigenvalue weighted by atomic mass is 10.1. The van der Waals surface area contributed by atoms with E-state index in [-0.39, 0.29) is 11.3 Å². The minimum absolute atomic E-state index is 0.0747. The van der Waals surface area contributed by atoms with E-state index in [1.165, 1.54) is 18.2 Å². The topological polar surface area (TPSA) is 46.5 Å². The Morgan fingerprint density at radius 1 is 1.54 bits per heavy atom. The number of ether oxygens (including phenoxy) is 1. The van der Waals surface area contributed by atoms with Gasteiger partial charge in [0.15, 0.2) is 0 Å². The molecule has 0 saturated heterocycles. The first-order valence-electron chi connectivity index (χ1n) is 3.66. The van der Waals surface area contributed by atoms with Crippen LogP contribution in [-0.4, -0.2) is 18.2 Å². The number of methoxy groups -OCH3 is 1. The van der Waals surface area contributed by atoms with Crippen molar-refractivity contribution >= 4 is 5.97 Å². The molecule has 0 aliphatic heterocycles. The van der Waals surface area contributed by atoms with Crippen LogP contribution < -0.4 is 0 Å². The zero-order valence-corrected chi connectivity index (χ0v) is 7.03. The van der Waals surface area contributed by atoms with Gasteiger partial charge in [-0.15, -0.1) is 0 Å². The minimum Gasteiger partial charge on any atom is -0.508 e. The first-order chi connectivity index (χ1) is 6.16. The van der Waals surface area contributed by atoms with Gasteiger partial charge in [-0.3, -0.25) is 0 Å². The maximum absolute atomic E-state index is 13.2. The fraction of sp³-hybridized carbons (Fsp3) is 0.222. The second-order valence-electron chi connectivity index (χ2n) is 2.44. The number of alkyl halides is 1. The van der Waals surface area contributed by atoms with Crippen LogP contribution in [0.15, 0.2) is 24.3 Å². The van der Waals surface area contributed by atoms with Gasteiger partial charge in [-0.1, -0.05) is 18.2 Å².